The molecule has 0 unspecified atom stereocenters. The number of hydrogen-bond donors (Lipinski definition) is 3. The SMILES string of the molecule is O=C(NCC1CCCCC1)c1cc(F)cc2ccn(Cc3cc4ccccc4cn3)c12.O=C(O)O. The van der Waals surface area contributed by atoms with Crippen molar-refractivity contribution in [3.63, 3.8) is 0 Å². The van der Waals surface area contributed by atoms with Gasteiger partial charge >= 0.3 is 6.16 Å². The lowest BCUT2D eigenvalue weighted by Crippen LogP contribution is -2.30. The molecule has 1 amide bonds. The maximum Gasteiger partial charge on any atom is 0.503 e. The van der Waals surface area contributed by atoms with E-state index < -0.39 is 12.0 Å². The lowest BCUT2D eigenvalue weighted by molar-refractivity contribution is 0.0944. The molecule has 3 N–H and O–H groups in total. The maximum atomic E-state index is 14.3. The number of nitrogens with one attached hydrogen (secondary N) is 1. The third kappa shape index (κ3) is 6.15. The smallest absolute Gasteiger partial charge is 0.450 e. The van der Waals surface area contributed by atoms with Crippen LogP contribution in [-0.4, -0.2) is 38.4 Å². The largest absolute Gasteiger partial charge is 0.503 e. The van der Waals surface area contributed by atoms with Crippen LogP contribution >= 0.6 is 0 Å². The minimum absolute atomic E-state index is 0.207. The van der Waals surface area contributed by atoms with Crippen molar-refractivity contribution in [2.24, 2.45) is 5.92 Å². The topological polar surface area (TPSA) is 104 Å². The lowest BCUT2D eigenvalue weighted by Gasteiger charge is -2.22. The summed E-state index contributed by atoms with van der Waals surface area (Å²) in [5.41, 5.74) is 2.03. The van der Waals surface area contributed by atoms with Gasteiger partial charge in [-0.2, -0.15) is 0 Å². The van der Waals surface area contributed by atoms with Gasteiger partial charge in [-0.05, 0) is 48.4 Å². The second kappa shape index (κ2) is 11.0. The minimum Gasteiger partial charge on any atom is -0.450 e. The quantitative estimate of drug-likeness (QED) is 0.331. The Morgan fingerprint density at radius 3 is 2.46 bits per heavy atom. The van der Waals surface area contributed by atoms with Gasteiger partial charge in [0.2, 0.25) is 0 Å². The van der Waals surface area contributed by atoms with E-state index in [2.05, 4.69) is 22.4 Å². The zero-order valence-electron chi connectivity index (χ0n) is 19.3. The highest BCUT2D eigenvalue weighted by atomic mass is 19.1. The number of rotatable bonds is 5. The third-order valence-corrected chi connectivity index (χ3v) is 6.37. The molecule has 1 aliphatic carbocycles. The number of aromatic nitrogens is 2. The lowest BCUT2D eigenvalue weighted by atomic mass is 9.89. The Balaban J connectivity index is 0.000000672. The van der Waals surface area contributed by atoms with Crippen LogP contribution in [0.1, 0.15) is 48.2 Å². The normalized spacial score (nSPS) is 13.9. The molecule has 0 atom stereocenters. The van der Waals surface area contributed by atoms with E-state index in [0.29, 0.717) is 24.6 Å². The molecule has 0 bridgehead atoms. The van der Waals surface area contributed by atoms with Crippen molar-refractivity contribution in [3.8, 4) is 0 Å². The minimum atomic E-state index is -1.83. The molecule has 4 aromatic rings. The van der Waals surface area contributed by atoms with Crippen molar-refractivity contribution in [3.05, 3.63) is 78.0 Å². The van der Waals surface area contributed by atoms with Crippen molar-refractivity contribution in [2.45, 2.75) is 38.6 Å². The predicted octanol–water partition coefficient (Wildman–Crippen LogP) is 5.91. The number of nitrogens with zero attached hydrogens (tertiary/aromatic N) is 2. The van der Waals surface area contributed by atoms with E-state index in [1.165, 1.54) is 31.4 Å². The number of hydrogen-bond acceptors (Lipinski definition) is 3. The van der Waals surface area contributed by atoms with Crippen LogP contribution in [-0.2, 0) is 6.54 Å². The van der Waals surface area contributed by atoms with E-state index in [4.69, 9.17) is 15.0 Å². The van der Waals surface area contributed by atoms with Crippen LogP contribution in [0.5, 0.6) is 0 Å². The van der Waals surface area contributed by atoms with Gasteiger partial charge in [0, 0.05) is 29.7 Å². The Morgan fingerprint density at radius 2 is 1.71 bits per heavy atom. The van der Waals surface area contributed by atoms with Crippen LogP contribution in [0.25, 0.3) is 21.7 Å². The molecule has 182 valence electrons. The molecule has 1 fully saturated rings. The number of carbonyl (C=O) groups excluding carboxylic acids is 1. The van der Waals surface area contributed by atoms with Crippen molar-refractivity contribution in [1.29, 1.82) is 0 Å². The molecule has 0 spiro atoms. The van der Waals surface area contributed by atoms with Crippen molar-refractivity contribution in [1.82, 2.24) is 14.9 Å². The summed E-state index contributed by atoms with van der Waals surface area (Å²) in [6.07, 6.45) is 7.99. The summed E-state index contributed by atoms with van der Waals surface area (Å²) in [5, 5.41) is 19.9. The molecule has 1 saturated carbocycles. The van der Waals surface area contributed by atoms with Crippen LogP contribution in [0, 0.1) is 11.7 Å². The van der Waals surface area contributed by atoms with Crippen LogP contribution in [0.2, 0.25) is 0 Å². The Bertz CT molecular complexity index is 1340. The highest BCUT2D eigenvalue weighted by Crippen LogP contribution is 2.25. The van der Waals surface area contributed by atoms with Gasteiger partial charge < -0.3 is 20.1 Å². The van der Waals surface area contributed by atoms with Crippen LogP contribution in [0.3, 0.4) is 0 Å². The van der Waals surface area contributed by atoms with E-state index in [9.17, 15) is 9.18 Å². The van der Waals surface area contributed by atoms with Gasteiger partial charge in [-0.15, -0.1) is 0 Å². The van der Waals surface area contributed by atoms with Gasteiger partial charge in [0.05, 0.1) is 23.3 Å². The highest BCUT2D eigenvalue weighted by molar-refractivity contribution is 6.06. The number of fused-ring (bicyclic) bond motifs is 2. The van der Waals surface area contributed by atoms with Crippen molar-refractivity contribution in [2.75, 3.05) is 6.54 Å². The molecule has 2 aromatic heterocycles. The monoisotopic (exact) mass is 477 g/mol. The molecular weight excluding hydrogens is 449 g/mol. The third-order valence-electron chi connectivity index (χ3n) is 6.37. The summed E-state index contributed by atoms with van der Waals surface area (Å²) in [6, 6.07) is 14.9. The molecule has 1 aliphatic rings. The number of pyridine rings is 1. The fourth-order valence-electron chi connectivity index (χ4n) is 4.73. The Hall–Kier alpha value is -3.94. The van der Waals surface area contributed by atoms with Gasteiger partial charge in [-0.1, -0.05) is 43.5 Å². The summed E-state index contributed by atoms with van der Waals surface area (Å²) in [7, 11) is 0. The maximum absolute atomic E-state index is 14.3. The summed E-state index contributed by atoms with van der Waals surface area (Å²) in [5.74, 6) is -0.0753. The molecule has 8 heteroatoms. The van der Waals surface area contributed by atoms with E-state index in [1.54, 1.807) is 0 Å². The first kappa shape index (κ1) is 24.2. The average molecular weight is 478 g/mol. The van der Waals surface area contributed by atoms with Crippen LogP contribution in [0.4, 0.5) is 9.18 Å². The number of amides is 1. The zero-order valence-corrected chi connectivity index (χ0v) is 19.3. The van der Waals surface area contributed by atoms with Crippen molar-refractivity contribution < 1.29 is 24.2 Å². The molecule has 2 heterocycles. The first-order chi connectivity index (χ1) is 16.9. The standard InChI is InChI=1S/C26H26FN3O.CH2O3/c27-22-12-20-10-11-30(17-23-13-19-8-4-5-9-21(19)16-28-23)25(20)24(14-22)26(31)29-15-18-6-2-1-3-7-18;2-1(3)4/h4-5,8-14,16,18H,1-3,6-7,15,17H2,(H,29,31);(H2,2,3,4). The highest BCUT2D eigenvalue weighted by Gasteiger charge is 2.19. The molecule has 2 aromatic carbocycles. The first-order valence-corrected chi connectivity index (χ1v) is 11.7. The number of carbonyl (C=O) groups is 2. The molecule has 0 aliphatic heterocycles. The second-order valence-corrected chi connectivity index (χ2v) is 8.85. The number of benzene rings is 2. The fraction of sp³-hybridized carbons (Fsp3) is 0.296. The molecular formula is C27H28FN3O4. The average Bonchev–Trinajstić information content (AvgIpc) is 3.24. The molecule has 7 nitrogen and oxygen atoms in total. The number of halogens is 1. The van der Waals surface area contributed by atoms with Crippen LogP contribution < -0.4 is 5.32 Å². The van der Waals surface area contributed by atoms with Crippen molar-refractivity contribution >= 4 is 33.7 Å². The van der Waals surface area contributed by atoms with Gasteiger partial charge in [-0.25, -0.2) is 9.18 Å². The zero-order chi connectivity index (χ0) is 24.8. The molecule has 0 radical (unpaired) electrons. The Kier molecular flexibility index (Phi) is 7.60. The summed E-state index contributed by atoms with van der Waals surface area (Å²) in [6.45, 7) is 1.17. The van der Waals surface area contributed by atoms with Gasteiger partial charge in [0.1, 0.15) is 5.82 Å². The Morgan fingerprint density at radius 1 is 1.00 bits per heavy atom. The number of carboxylic acid groups (broad SMARTS) is 2. The predicted molar refractivity (Wildman–Crippen MR) is 132 cm³/mol. The van der Waals surface area contributed by atoms with Gasteiger partial charge in [0.15, 0.2) is 0 Å². The second-order valence-electron chi connectivity index (χ2n) is 8.85. The molecule has 0 saturated heterocycles. The summed E-state index contributed by atoms with van der Waals surface area (Å²) < 4.78 is 16.2. The molecule has 35 heavy (non-hydrogen) atoms. The van der Waals surface area contributed by atoms with Gasteiger partial charge in [0.25, 0.3) is 5.91 Å². The van der Waals surface area contributed by atoms with Gasteiger partial charge in [-0.3, -0.25) is 9.78 Å². The summed E-state index contributed by atoms with van der Waals surface area (Å²) >= 11 is 0. The first-order valence-electron chi connectivity index (χ1n) is 11.7. The van der Waals surface area contributed by atoms with E-state index in [-0.39, 0.29) is 5.91 Å². The van der Waals surface area contributed by atoms with E-state index in [0.717, 1.165) is 40.2 Å². The Labute approximate surface area is 202 Å². The summed E-state index contributed by atoms with van der Waals surface area (Å²) in [4.78, 5) is 26.2. The van der Waals surface area contributed by atoms with Crippen LogP contribution in [0.15, 0.2) is 60.9 Å². The fourth-order valence-corrected chi connectivity index (χ4v) is 4.73. The van der Waals surface area contributed by atoms with E-state index in [1.807, 2.05) is 41.2 Å². The van der Waals surface area contributed by atoms with E-state index >= 15 is 0 Å². The molecule has 5 rings (SSSR count).